The first-order valence-electron chi connectivity index (χ1n) is 3.98. The minimum atomic E-state index is 0.656. The Hall–Kier alpha value is -0.640. The van der Waals surface area contributed by atoms with Crippen molar-refractivity contribution >= 4 is 16.5 Å². The van der Waals surface area contributed by atoms with Crippen LogP contribution in [0.1, 0.15) is 25.7 Å². The van der Waals surface area contributed by atoms with E-state index in [1.807, 2.05) is 0 Å². The smallest absolute Gasteiger partial charge is 0.205 e. The number of rotatable bonds is 2. The Kier molecular flexibility index (Phi) is 2.03. The molecule has 60 valence electrons. The predicted octanol–water partition coefficient (Wildman–Crippen LogP) is 1.89. The topological polar surface area (TPSA) is 37.8 Å². The third-order valence-electron chi connectivity index (χ3n) is 2.04. The van der Waals surface area contributed by atoms with Gasteiger partial charge >= 0.3 is 0 Å². The molecule has 1 saturated carbocycles. The van der Waals surface area contributed by atoms with Gasteiger partial charge in [-0.1, -0.05) is 24.2 Å². The van der Waals surface area contributed by atoms with Gasteiger partial charge in [0.1, 0.15) is 5.51 Å². The summed E-state index contributed by atoms with van der Waals surface area (Å²) in [7, 11) is 0. The number of anilines is 1. The Bertz CT molecular complexity index is 203. The molecule has 0 aromatic carbocycles. The van der Waals surface area contributed by atoms with Gasteiger partial charge in [0.25, 0.3) is 0 Å². The lowest BCUT2D eigenvalue weighted by Crippen LogP contribution is -2.13. The molecule has 3 nitrogen and oxygen atoms in total. The highest BCUT2D eigenvalue weighted by molar-refractivity contribution is 7.13. The van der Waals surface area contributed by atoms with E-state index >= 15 is 0 Å². The average molecular weight is 169 g/mol. The molecule has 0 unspecified atom stereocenters. The van der Waals surface area contributed by atoms with Crippen LogP contribution in [0.25, 0.3) is 0 Å². The van der Waals surface area contributed by atoms with Gasteiger partial charge in [-0.15, -0.1) is 10.2 Å². The second-order valence-electron chi connectivity index (χ2n) is 2.87. The van der Waals surface area contributed by atoms with E-state index in [1.165, 1.54) is 25.7 Å². The van der Waals surface area contributed by atoms with Crippen molar-refractivity contribution in [2.24, 2.45) is 0 Å². The summed E-state index contributed by atoms with van der Waals surface area (Å²) in [4.78, 5) is 0. The van der Waals surface area contributed by atoms with Crippen LogP contribution >= 0.6 is 11.3 Å². The van der Waals surface area contributed by atoms with Crippen LogP contribution in [0.5, 0.6) is 0 Å². The van der Waals surface area contributed by atoms with E-state index in [9.17, 15) is 0 Å². The van der Waals surface area contributed by atoms with E-state index < -0.39 is 0 Å². The first-order chi connectivity index (χ1) is 5.45. The molecular weight excluding hydrogens is 158 g/mol. The largest absolute Gasteiger partial charge is 0.357 e. The van der Waals surface area contributed by atoms with Crippen molar-refractivity contribution in [1.82, 2.24) is 10.2 Å². The molecule has 1 heterocycles. The molecule has 1 aliphatic rings. The Labute approximate surface area is 69.8 Å². The van der Waals surface area contributed by atoms with Crippen LogP contribution in [0.4, 0.5) is 5.13 Å². The SMILES string of the molecule is c1nnc(NC2CCCC2)s1. The van der Waals surface area contributed by atoms with Crippen LogP contribution < -0.4 is 5.32 Å². The third-order valence-corrected chi connectivity index (χ3v) is 2.67. The lowest BCUT2D eigenvalue weighted by atomic mass is 10.3. The second-order valence-corrected chi connectivity index (χ2v) is 3.70. The van der Waals surface area contributed by atoms with E-state index in [0.717, 1.165) is 5.13 Å². The zero-order valence-corrected chi connectivity index (χ0v) is 7.10. The highest BCUT2D eigenvalue weighted by atomic mass is 32.1. The zero-order chi connectivity index (χ0) is 7.52. The monoisotopic (exact) mass is 169 g/mol. The Morgan fingerprint density at radius 2 is 2.27 bits per heavy atom. The van der Waals surface area contributed by atoms with Crippen LogP contribution in [0.2, 0.25) is 0 Å². The lowest BCUT2D eigenvalue weighted by molar-refractivity contribution is 0.751. The molecule has 2 rings (SSSR count). The van der Waals surface area contributed by atoms with Gasteiger partial charge in [-0.25, -0.2) is 0 Å². The molecule has 0 aliphatic heterocycles. The second kappa shape index (κ2) is 3.17. The fourth-order valence-corrected chi connectivity index (χ4v) is 2.00. The molecule has 11 heavy (non-hydrogen) atoms. The fourth-order valence-electron chi connectivity index (χ4n) is 1.48. The molecular formula is C7H11N3S. The van der Waals surface area contributed by atoms with Crippen molar-refractivity contribution in [2.45, 2.75) is 31.7 Å². The Morgan fingerprint density at radius 3 is 2.91 bits per heavy atom. The van der Waals surface area contributed by atoms with Gasteiger partial charge in [-0.3, -0.25) is 0 Å². The molecule has 0 radical (unpaired) electrons. The molecule has 1 aliphatic carbocycles. The van der Waals surface area contributed by atoms with Crippen LogP contribution in [0.3, 0.4) is 0 Å². The number of aromatic nitrogens is 2. The molecule has 1 fully saturated rings. The third kappa shape index (κ3) is 1.68. The van der Waals surface area contributed by atoms with E-state index in [2.05, 4.69) is 15.5 Å². The standard InChI is InChI=1S/C7H11N3S/c1-2-4-6(3-1)9-7-10-8-5-11-7/h5-6H,1-4H2,(H,9,10). The van der Waals surface area contributed by atoms with Gasteiger partial charge in [-0.2, -0.15) is 0 Å². The summed E-state index contributed by atoms with van der Waals surface area (Å²) in [6.07, 6.45) is 5.30. The number of hydrogen-bond donors (Lipinski definition) is 1. The summed E-state index contributed by atoms with van der Waals surface area (Å²) in [5, 5.41) is 12.0. The minimum absolute atomic E-state index is 0.656. The Balaban J connectivity index is 1.90. The summed E-state index contributed by atoms with van der Waals surface area (Å²) < 4.78 is 0. The minimum Gasteiger partial charge on any atom is -0.357 e. The molecule has 0 bridgehead atoms. The molecule has 0 spiro atoms. The maximum Gasteiger partial charge on any atom is 0.205 e. The highest BCUT2D eigenvalue weighted by Gasteiger charge is 2.14. The van der Waals surface area contributed by atoms with Crippen molar-refractivity contribution in [2.75, 3.05) is 5.32 Å². The van der Waals surface area contributed by atoms with E-state index in [1.54, 1.807) is 16.8 Å². The van der Waals surface area contributed by atoms with Crippen molar-refractivity contribution < 1.29 is 0 Å². The lowest BCUT2D eigenvalue weighted by Gasteiger charge is -2.08. The number of nitrogens with one attached hydrogen (secondary N) is 1. The van der Waals surface area contributed by atoms with Crippen molar-refractivity contribution in [3.05, 3.63) is 5.51 Å². The first kappa shape index (κ1) is 7.03. The van der Waals surface area contributed by atoms with Crippen LogP contribution in [-0.2, 0) is 0 Å². The summed E-state index contributed by atoms with van der Waals surface area (Å²) in [5.41, 5.74) is 1.76. The van der Waals surface area contributed by atoms with Crippen LogP contribution in [0.15, 0.2) is 5.51 Å². The Morgan fingerprint density at radius 1 is 1.45 bits per heavy atom. The van der Waals surface area contributed by atoms with E-state index in [0.29, 0.717) is 6.04 Å². The summed E-state index contributed by atoms with van der Waals surface area (Å²) in [5.74, 6) is 0. The van der Waals surface area contributed by atoms with Gasteiger partial charge < -0.3 is 5.32 Å². The average Bonchev–Trinajstić information content (AvgIpc) is 2.60. The highest BCUT2D eigenvalue weighted by Crippen LogP contribution is 2.22. The molecule has 1 N–H and O–H groups in total. The fraction of sp³-hybridized carbons (Fsp3) is 0.714. The first-order valence-corrected chi connectivity index (χ1v) is 4.86. The number of nitrogens with zero attached hydrogens (tertiary/aromatic N) is 2. The maximum absolute atomic E-state index is 3.94. The normalized spacial score (nSPS) is 18.9. The van der Waals surface area contributed by atoms with Gasteiger partial charge in [0.15, 0.2) is 0 Å². The van der Waals surface area contributed by atoms with E-state index in [4.69, 9.17) is 0 Å². The van der Waals surface area contributed by atoms with Crippen LogP contribution in [-0.4, -0.2) is 16.2 Å². The predicted molar refractivity (Wildman–Crippen MR) is 45.8 cm³/mol. The summed E-state index contributed by atoms with van der Waals surface area (Å²) in [6.45, 7) is 0. The van der Waals surface area contributed by atoms with Crippen molar-refractivity contribution in [1.29, 1.82) is 0 Å². The van der Waals surface area contributed by atoms with Crippen molar-refractivity contribution in [3.63, 3.8) is 0 Å². The zero-order valence-electron chi connectivity index (χ0n) is 6.29. The molecule has 4 heteroatoms. The van der Waals surface area contributed by atoms with Crippen molar-refractivity contribution in [3.8, 4) is 0 Å². The van der Waals surface area contributed by atoms with Crippen LogP contribution in [0, 0.1) is 0 Å². The van der Waals surface area contributed by atoms with Gasteiger partial charge in [0.05, 0.1) is 0 Å². The molecule has 0 atom stereocenters. The summed E-state index contributed by atoms with van der Waals surface area (Å²) in [6, 6.07) is 0.656. The quantitative estimate of drug-likeness (QED) is 0.734. The summed E-state index contributed by atoms with van der Waals surface area (Å²) >= 11 is 1.58. The van der Waals surface area contributed by atoms with Gasteiger partial charge in [-0.05, 0) is 12.8 Å². The molecule has 1 aromatic rings. The maximum atomic E-state index is 3.94. The molecule has 1 aromatic heterocycles. The van der Waals surface area contributed by atoms with E-state index in [-0.39, 0.29) is 0 Å². The van der Waals surface area contributed by atoms with Gasteiger partial charge in [0.2, 0.25) is 5.13 Å². The van der Waals surface area contributed by atoms with Gasteiger partial charge in [0, 0.05) is 6.04 Å². The molecule has 0 amide bonds. The molecule has 0 saturated heterocycles. The number of hydrogen-bond acceptors (Lipinski definition) is 4.